The zero-order chi connectivity index (χ0) is 18.4. The first-order chi connectivity index (χ1) is 12.7. The third kappa shape index (κ3) is 4.28. The summed E-state index contributed by atoms with van der Waals surface area (Å²) < 4.78 is 0. The molecule has 1 amide bonds. The molecule has 2 aromatic rings. The lowest BCUT2D eigenvalue weighted by atomic mass is 10.2. The van der Waals surface area contributed by atoms with Crippen molar-refractivity contribution >= 4 is 17.7 Å². The quantitative estimate of drug-likeness (QED) is 0.791. The highest BCUT2D eigenvalue weighted by Gasteiger charge is 2.21. The normalized spacial score (nSPS) is 14.4. The van der Waals surface area contributed by atoms with Crippen molar-refractivity contribution in [2.24, 2.45) is 0 Å². The van der Waals surface area contributed by atoms with E-state index in [4.69, 9.17) is 0 Å². The van der Waals surface area contributed by atoms with Crippen LogP contribution in [0.3, 0.4) is 0 Å². The lowest BCUT2D eigenvalue weighted by Crippen LogP contribution is -2.47. The van der Waals surface area contributed by atoms with Crippen molar-refractivity contribution in [3.05, 3.63) is 42.4 Å². The zero-order valence-electron chi connectivity index (χ0n) is 15.5. The van der Waals surface area contributed by atoms with Crippen molar-refractivity contribution in [2.45, 2.75) is 19.8 Å². The first kappa shape index (κ1) is 18.1. The highest BCUT2D eigenvalue weighted by atomic mass is 16.2. The van der Waals surface area contributed by atoms with E-state index in [0.717, 1.165) is 57.3 Å². The summed E-state index contributed by atoms with van der Waals surface area (Å²) in [4.78, 5) is 31.8. The third-order valence-electron chi connectivity index (χ3n) is 4.62. The van der Waals surface area contributed by atoms with E-state index in [0.29, 0.717) is 5.56 Å². The van der Waals surface area contributed by atoms with E-state index in [2.05, 4.69) is 31.7 Å². The number of aromatic nitrogens is 3. The Kier molecular flexibility index (Phi) is 5.99. The Morgan fingerprint density at radius 2 is 1.77 bits per heavy atom. The predicted molar refractivity (Wildman–Crippen MR) is 103 cm³/mol. The second-order valence-corrected chi connectivity index (χ2v) is 6.51. The van der Waals surface area contributed by atoms with Gasteiger partial charge in [0.05, 0.1) is 0 Å². The Balaban J connectivity index is 1.63. The molecule has 0 atom stereocenters. The smallest absolute Gasteiger partial charge is 0.253 e. The zero-order valence-corrected chi connectivity index (χ0v) is 15.5. The summed E-state index contributed by atoms with van der Waals surface area (Å²) in [6.45, 7) is 6.23. The van der Waals surface area contributed by atoms with Crippen LogP contribution in [-0.4, -0.2) is 65.5 Å². The Bertz CT molecular complexity index is 715. The molecular weight excluding hydrogens is 328 g/mol. The number of carbonyl (C=O) groups is 1. The molecule has 0 N–H and O–H groups in total. The number of nitrogens with zero attached hydrogens (tertiary/aromatic N) is 6. The Labute approximate surface area is 154 Å². The Morgan fingerprint density at radius 1 is 1.08 bits per heavy atom. The van der Waals surface area contributed by atoms with Gasteiger partial charge >= 0.3 is 0 Å². The summed E-state index contributed by atoms with van der Waals surface area (Å²) in [5.41, 5.74) is 0.697. The lowest BCUT2D eigenvalue weighted by molar-refractivity contribution is 0.0793. The average Bonchev–Trinajstić information content (AvgIpc) is 2.72. The van der Waals surface area contributed by atoms with E-state index in [1.54, 1.807) is 29.6 Å². The molecule has 3 rings (SSSR count). The SMILES string of the molecule is CCCCN(C)C(=O)c1ccnc(N2CCN(c3ncccn3)CC2)c1. The van der Waals surface area contributed by atoms with Crippen LogP contribution in [0.2, 0.25) is 0 Å². The summed E-state index contributed by atoms with van der Waals surface area (Å²) in [6.07, 6.45) is 7.35. The fourth-order valence-electron chi connectivity index (χ4n) is 3.03. The molecule has 0 aromatic carbocycles. The van der Waals surface area contributed by atoms with Crippen LogP contribution in [0.15, 0.2) is 36.8 Å². The van der Waals surface area contributed by atoms with Crippen LogP contribution in [-0.2, 0) is 0 Å². The van der Waals surface area contributed by atoms with E-state index < -0.39 is 0 Å². The number of anilines is 2. The van der Waals surface area contributed by atoms with E-state index in [-0.39, 0.29) is 5.91 Å². The minimum Gasteiger partial charge on any atom is -0.353 e. The molecule has 0 bridgehead atoms. The molecule has 1 saturated heterocycles. The number of piperazine rings is 1. The largest absolute Gasteiger partial charge is 0.353 e. The Morgan fingerprint density at radius 3 is 2.46 bits per heavy atom. The van der Waals surface area contributed by atoms with Gasteiger partial charge in [0.2, 0.25) is 5.95 Å². The van der Waals surface area contributed by atoms with Crippen LogP contribution in [0.5, 0.6) is 0 Å². The van der Waals surface area contributed by atoms with Gasteiger partial charge in [-0.2, -0.15) is 0 Å². The van der Waals surface area contributed by atoms with Crippen LogP contribution >= 0.6 is 0 Å². The van der Waals surface area contributed by atoms with Crippen LogP contribution < -0.4 is 9.80 Å². The lowest BCUT2D eigenvalue weighted by Gasteiger charge is -2.35. The van der Waals surface area contributed by atoms with Crippen molar-refractivity contribution in [3.8, 4) is 0 Å². The summed E-state index contributed by atoms with van der Waals surface area (Å²) >= 11 is 0. The van der Waals surface area contributed by atoms with Crippen LogP contribution in [0.4, 0.5) is 11.8 Å². The van der Waals surface area contributed by atoms with Crippen LogP contribution in [0.1, 0.15) is 30.1 Å². The number of amides is 1. The van der Waals surface area contributed by atoms with Gasteiger partial charge in [-0.3, -0.25) is 4.79 Å². The molecule has 7 nitrogen and oxygen atoms in total. The molecule has 26 heavy (non-hydrogen) atoms. The molecule has 138 valence electrons. The van der Waals surface area contributed by atoms with Crippen molar-refractivity contribution in [3.63, 3.8) is 0 Å². The van der Waals surface area contributed by atoms with E-state index in [9.17, 15) is 4.79 Å². The highest BCUT2D eigenvalue weighted by molar-refractivity contribution is 5.94. The minimum atomic E-state index is 0.0541. The fraction of sp³-hybridized carbons (Fsp3) is 0.474. The molecule has 1 aliphatic heterocycles. The summed E-state index contributed by atoms with van der Waals surface area (Å²) in [5.74, 6) is 1.67. The van der Waals surface area contributed by atoms with Gasteiger partial charge in [0.15, 0.2) is 0 Å². The number of unbranched alkanes of at least 4 members (excludes halogenated alkanes) is 1. The number of pyridine rings is 1. The molecule has 2 aromatic heterocycles. The van der Waals surface area contributed by atoms with Gasteiger partial charge in [0.1, 0.15) is 5.82 Å². The second-order valence-electron chi connectivity index (χ2n) is 6.51. The van der Waals surface area contributed by atoms with Crippen LogP contribution in [0.25, 0.3) is 0 Å². The van der Waals surface area contributed by atoms with Crippen molar-refractivity contribution in [1.29, 1.82) is 0 Å². The molecule has 0 unspecified atom stereocenters. The van der Waals surface area contributed by atoms with Gasteiger partial charge in [-0.1, -0.05) is 13.3 Å². The highest BCUT2D eigenvalue weighted by Crippen LogP contribution is 2.18. The number of hydrogen-bond acceptors (Lipinski definition) is 6. The van der Waals surface area contributed by atoms with E-state index >= 15 is 0 Å². The molecule has 0 aliphatic carbocycles. The number of rotatable bonds is 6. The molecule has 0 radical (unpaired) electrons. The topological polar surface area (TPSA) is 65.5 Å². The maximum Gasteiger partial charge on any atom is 0.253 e. The molecule has 3 heterocycles. The standard InChI is InChI=1S/C19H26N6O/c1-3-4-10-23(2)18(26)16-6-9-20-17(15-16)24-11-13-25(14-12-24)19-21-7-5-8-22-19/h5-9,15H,3-4,10-14H2,1-2H3. The molecular formula is C19H26N6O. The number of hydrogen-bond donors (Lipinski definition) is 0. The summed E-state index contributed by atoms with van der Waals surface area (Å²) in [6, 6.07) is 5.52. The van der Waals surface area contributed by atoms with Crippen molar-refractivity contribution < 1.29 is 4.79 Å². The monoisotopic (exact) mass is 354 g/mol. The Hall–Kier alpha value is -2.70. The second kappa shape index (κ2) is 8.60. The third-order valence-corrected chi connectivity index (χ3v) is 4.62. The minimum absolute atomic E-state index is 0.0541. The van der Waals surface area contributed by atoms with Gasteiger partial charge in [0.25, 0.3) is 5.91 Å². The maximum absolute atomic E-state index is 12.6. The molecule has 1 aliphatic rings. The number of carbonyl (C=O) groups excluding carboxylic acids is 1. The molecule has 0 saturated carbocycles. The first-order valence-electron chi connectivity index (χ1n) is 9.17. The predicted octanol–water partition coefficient (Wildman–Crippen LogP) is 2.07. The molecule has 0 spiro atoms. The fourth-order valence-corrected chi connectivity index (χ4v) is 3.03. The molecule has 1 fully saturated rings. The molecule has 7 heteroatoms. The van der Waals surface area contributed by atoms with Gasteiger partial charge in [-0.05, 0) is 24.6 Å². The first-order valence-corrected chi connectivity index (χ1v) is 9.17. The maximum atomic E-state index is 12.6. The van der Waals surface area contributed by atoms with Gasteiger partial charge in [0, 0.05) is 63.9 Å². The van der Waals surface area contributed by atoms with Crippen LogP contribution in [0, 0.1) is 0 Å². The van der Waals surface area contributed by atoms with E-state index in [1.165, 1.54) is 0 Å². The van der Waals surface area contributed by atoms with Crippen molar-refractivity contribution in [1.82, 2.24) is 19.9 Å². The van der Waals surface area contributed by atoms with Gasteiger partial charge in [-0.25, -0.2) is 15.0 Å². The summed E-state index contributed by atoms with van der Waals surface area (Å²) in [7, 11) is 1.86. The average molecular weight is 354 g/mol. The van der Waals surface area contributed by atoms with E-state index in [1.807, 2.05) is 19.2 Å². The summed E-state index contributed by atoms with van der Waals surface area (Å²) in [5, 5.41) is 0. The van der Waals surface area contributed by atoms with Gasteiger partial charge < -0.3 is 14.7 Å². The van der Waals surface area contributed by atoms with Crippen molar-refractivity contribution in [2.75, 3.05) is 49.6 Å². The van der Waals surface area contributed by atoms with Gasteiger partial charge in [-0.15, -0.1) is 0 Å².